The second-order valence-electron chi connectivity index (χ2n) is 5.33. The first-order valence-corrected chi connectivity index (χ1v) is 7.42. The molecule has 1 heterocycles. The molecule has 0 aliphatic carbocycles. The number of nitrogens with two attached hydrogens (primary N) is 1. The average molecular weight is 276 g/mol. The molecule has 4 nitrogen and oxygen atoms in total. The van der Waals surface area contributed by atoms with Crippen molar-refractivity contribution < 1.29 is 9.53 Å². The van der Waals surface area contributed by atoms with Crippen molar-refractivity contribution in [3.05, 3.63) is 23.8 Å². The van der Waals surface area contributed by atoms with Crippen LogP contribution in [0, 0.1) is 0 Å². The second-order valence-corrected chi connectivity index (χ2v) is 5.33. The van der Waals surface area contributed by atoms with Crippen LogP contribution in [0.15, 0.2) is 18.2 Å². The summed E-state index contributed by atoms with van der Waals surface area (Å²) in [6, 6.07) is 5.72. The predicted molar refractivity (Wildman–Crippen MR) is 81.0 cm³/mol. The molecule has 1 saturated heterocycles. The molecule has 1 unspecified atom stereocenters. The number of rotatable bonds is 3. The van der Waals surface area contributed by atoms with Gasteiger partial charge in [0.1, 0.15) is 5.75 Å². The van der Waals surface area contributed by atoms with E-state index in [1.165, 1.54) is 12.8 Å². The lowest BCUT2D eigenvalue weighted by Gasteiger charge is -2.30. The van der Waals surface area contributed by atoms with Crippen molar-refractivity contribution in [2.45, 2.75) is 45.1 Å². The fourth-order valence-electron chi connectivity index (χ4n) is 2.93. The minimum absolute atomic E-state index is 0.0372. The third-order valence-electron chi connectivity index (χ3n) is 4.13. The molecule has 1 aromatic carbocycles. The smallest absolute Gasteiger partial charge is 0.256 e. The summed E-state index contributed by atoms with van der Waals surface area (Å²) in [6.45, 7) is 2.97. The summed E-state index contributed by atoms with van der Waals surface area (Å²) in [7, 11) is 1.57. The summed E-state index contributed by atoms with van der Waals surface area (Å²) in [5.74, 6) is 0.605. The Bertz CT molecular complexity index is 474. The summed E-state index contributed by atoms with van der Waals surface area (Å²) in [6.07, 6.45) is 5.57. The number of likely N-dealkylation sites (tertiary alicyclic amines) is 1. The van der Waals surface area contributed by atoms with Crippen LogP contribution in [-0.4, -0.2) is 30.5 Å². The van der Waals surface area contributed by atoms with E-state index < -0.39 is 0 Å². The van der Waals surface area contributed by atoms with Crippen LogP contribution in [0.1, 0.15) is 49.4 Å². The zero-order valence-electron chi connectivity index (χ0n) is 12.4. The van der Waals surface area contributed by atoms with Gasteiger partial charge in [-0.25, -0.2) is 0 Å². The van der Waals surface area contributed by atoms with E-state index in [9.17, 15) is 4.79 Å². The number of nitrogen functional groups attached to an aromatic ring is 1. The Morgan fingerprint density at radius 1 is 1.40 bits per heavy atom. The van der Waals surface area contributed by atoms with Crippen molar-refractivity contribution in [1.82, 2.24) is 4.90 Å². The number of hydrogen-bond acceptors (Lipinski definition) is 3. The van der Waals surface area contributed by atoms with Crippen LogP contribution in [0.3, 0.4) is 0 Å². The van der Waals surface area contributed by atoms with Gasteiger partial charge in [0.2, 0.25) is 0 Å². The fraction of sp³-hybridized carbons (Fsp3) is 0.562. The molecule has 0 spiro atoms. The van der Waals surface area contributed by atoms with Gasteiger partial charge >= 0.3 is 0 Å². The van der Waals surface area contributed by atoms with Crippen molar-refractivity contribution in [1.29, 1.82) is 0 Å². The highest BCUT2D eigenvalue weighted by atomic mass is 16.5. The predicted octanol–water partition coefficient (Wildman–Crippen LogP) is 3.07. The normalized spacial score (nSPS) is 19.5. The molecule has 1 amide bonds. The third kappa shape index (κ3) is 2.89. The number of carbonyl (C=O) groups excluding carboxylic acids is 1. The van der Waals surface area contributed by atoms with Crippen LogP contribution in [0.5, 0.6) is 5.75 Å². The molecule has 20 heavy (non-hydrogen) atoms. The lowest BCUT2D eigenvalue weighted by Crippen LogP contribution is -2.40. The molecule has 1 atom stereocenters. The second kappa shape index (κ2) is 6.64. The van der Waals surface area contributed by atoms with E-state index in [4.69, 9.17) is 10.5 Å². The Hall–Kier alpha value is -1.71. The largest absolute Gasteiger partial charge is 0.495 e. The Morgan fingerprint density at radius 2 is 2.20 bits per heavy atom. The SMILES string of the molecule is CCC1CCCCCN1C(=O)c1cccc(OC)c1N. The molecular weight excluding hydrogens is 252 g/mol. The summed E-state index contributed by atoms with van der Waals surface area (Å²) >= 11 is 0. The van der Waals surface area contributed by atoms with E-state index in [1.54, 1.807) is 19.2 Å². The topological polar surface area (TPSA) is 55.6 Å². The Balaban J connectivity index is 2.29. The molecule has 2 N–H and O–H groups in total. The maximum Gasteiger partial charge on any atom is 0.256 e. The molecule has 0 aromatic heterocycles. The molecule has 2 rings (SSSR count). The van der Waals surface area contributed by atoms with Crippen molar-refractivity contribution in [2.24, 2.45) is 0 Å². The van der Waals surface area contributed by atoms with Crippen molar-refractivity contribution in [3.63, 3.8) is 0 Å². The molecule has 1 aromatic rings. The van der Waals surface area contributed by atoms with Gasteiger partial charge in [-0.3, -0.25) is 4.79 Å². The van der Waals surface area contributed by atoms with E-state index in [-0.39, 0.29) is 5.91 Å². The van der Waals surface area contributed by atoms with Crippen LogP contribution in [0.25, 0.3) is 0 Å². The van der Waals surface area contributed by atoms with Gasteiger partial charge in [-0.05, 0) is 31.4 Å². The van der Waals surface area contributed by atoms with Crippen molar-refractivity contribution in [3.8, 4) is 5.75 Å². The molecule has 0 saturated carbocycles. The van der Waals surface area contributed by atoms with E-state index in [2.05, 4.69) is 6.92 Å². The monoisotopic (exact) mass is 276 g/mol. The summed E-state index contributed by atoms with van der Waals surface area (Å²) in [4.78, 5) is 14.8. The van der Waals surface area contributed by atoms with Crippen LogP contribution < -0.4 is 10.5 Å². The minimum atomic E-state index is 0.0372. The highest BCUT2D eigenvalue weighted by Gasteiger charge is 2.26. The number of ether oxygens (including phenoxy) is 1. The van der Waals surface area contributed by atoms with E-state index in [1.807, 2.05) is 11.0 Å². The number of benzene rings is 1. The number of nitrogens with zero attached hydrogens (tertiary/aromatic N) is 1. The van der Waals surface area contributed by atoms with Gasteiger partial charge in [0.25, 0.3) is 5.91 Å². The van der Waals surface area contributed by atoms with Gasteiger partial charge in [0.05, 0.1) is 18.4 Å². The van der Waals surface area contributed by atoms with Gasteiger partial charge in [0.15, 0.2) is 0 Å². The summed E-state index contributed by atoms with van der Waals surface area (Å²) in [5.41, 5.74) is 7.06. The van der Waals surface area contributed by atoms with Gasteiger partial charge in [-0.15, -0.1) is 0 Å². The first kappa shape index (κ1) is 14.7. The maximum atomic E-state index is 12.8. The van der Waals surface area contributed by atoms with Crippen molar-refractivity contribution >= 4 is 11.6 Å². The van der Waals surface area contributed by atoms with E-state index >= 15 is 0 Å². The van der Waals surface area contributed by atoms with Crippen LogP contribution in [-0.2, 0) is 0 Å². The van der Waals surface area contributed by atoms with Gasteiger partial charge in [0, 0.05) is 12.6 Å². The molecule has 1 fully saturated rings. The summed E-state index contributed by atoms with van der Waals surface area (Å²) in [5, 5.41) is 0. The zero-order chi connectivity index (χ0) is 14.5. The molecule has 0 radical (unpaired) electrons. The number of hydrogen-bond donors (Lipinski definition) is 1. The Labute approximate surface area is 120 Å². The molecule has 1 aliphatic rings. The zero-order valence-corrected chi connectivity index (χ0v) is 12.4. The number of methoxy groups -OCH3 is 1. The Morgan fingerprint density at radius 3 is 2.90 bits per heavy atom. The molecule has 0 bridgehead atoms. The minimum Gasteiger partial charge on any atom is -0.495 e. The van der Waals surface area contributed by atoms with Crippen LogP contribution in [0.2, 0.25) is 0 Å². The number of anilines is 1. The highest BCUT2D eigenvalue weighted by Crippen LogP contribution is 2.28. The first-order valence-electron chi connectivity index (χ1n) is 7.42. The fourth-order valence-corrected chi connectivity index (χ4v) is 2.93. The molecular formula is C16H24N2O2. The average Bonchev–Trinajstić information content (AvgIpc) is 2.72. The molecule has 4 heteroatoms. The maximum absolute atomic E-state index is 12.8. The third-order valence-corrected chi connectivity index (χ3v) is 4.13. The van der Waals surface area contributed by atoms with Crippen molar-refractivity contribution in [2.75, 3.05) is 19.4 Å². The van der Waals surface area contributed by atoms with E-state index in [0.29, 0.717) is 23.0 Å². The lowest BCUT2D eigenvalue weighted by molar-refractivity contribution is 0.0679. The lowest BCUT2D eigenvalue weighted by atomic mass is 10.1. The number of carbonyl (C=O) groups is 1. The summed E-state index contributed by atoms with van der Waals surface area (Å²) < 4.78 is 5.21. The number of para-hydroxylation sites is 1. The van der Waals surface area contributed by atoms with Gasteiger partial charge < -0.3 is 15.4 Å². The number of amides is 1. The molecule has 1 aliphatic heterocycles. The highest BCUT2D eigenvalue weighted by molar-refractivity contribution is 6.00. The van der Waals surface area contributed by atoms with Crippen LogP contribution in [0.4, 0.5) is 5.69 Å². The Kier molecular flexibility index (Phi) is 4.88. The first-order chi connectivity index (χ1) is 9.69. The molecule has 110 valence electrons. The standard InChI is InChI=1S/C16H24N2O2/c1-3-12-8-5-4-6-11-18(12)16(19)13-9-7-10-14(20-2)15(13)17/h7,9-10,12H,3-6,8,11,17H2,1-2H3. The quantitative estimate of drug-likeness (QED) is 0.863. The van der Waals surface area contributed by atoms with Gasteiger partial charge in [-0.1, -0.05) is 25.8 Å². The van der Waals surface area contributed by atoms with Crippen LogP contribution >= 0.6 is 0 Å². The van der Waals surface area contributed by atoms with E-state index in [0.717, 1.165) is 25.8 Å². The van der Waals surface area contributed by atoms with Gasteiger partial charge in [-0.2, -0.15) is 0 Å².